The number of rotatable bonds is 5. The van der Waals surface area contributed by atoms with E-state index in [1.54, 1.807) is 0 Å². The molecular formula is C16H30IN3O2. The summed E-state index contributed by atoms with van der Waals surface area (Å²) >= 11 is 0. The molecule has 1 saturated carbocycles. The van der Waals surface area contributed by atoms with Gasteiger partial charge < -0.3 is 15.0 Å². The molecule has 5 nitrogen and oxygen atoms in total. The fourth-order valence-electron chi connectivity index (χ4n) is 3.16. The van der Waals surface area contributed by atoms with E-state index in [-0.39, 0.29) is 35.9 Å². The number of piperidine rings is 1. The van der Waals surface area contributed by atoms with E-state index in [1.165, 1.54) is 26.4 Å². The van der Waals surface area contributed by atoms with E-state index in [4.69, 9.17) is 4.74 Å². The lowest BCUT2D eigenvalue weighted by molar-refractivity contribution is -0.146. The number of hydrogen-bond donors (Lipinski definition) is 1. The number of likely N-dealkylation sites (tertiary alicyclic amines) is 1. The van der Waals surface area contributed by atoms with Crippen LogP contribution in [-0.4, -0.2) is 49.6 Å². The molecule has 0 aromatic heterocycles. The normalized spacial score (nSPS) is 25.4. The molecule has 0 amide bonds. The fraction of sp³-hybridized carbons (Fsp3) is 0.875. The number of nitrogens with zero attached hydrogens (tertiary/aromatic N) is 2. The van der Waals surface area contributed by atoms with Gasteiger partial charge in [0.1, 0.15) is 0 Å². The molecule has 2 unspecified atom stereocenters. The SMILES string of the molecule is CCCC1CC1NC(=NCC)N1CCC(C(=O)OC)CC1.I. The molecule has 0 radical (unpaired) electrons. The summed E-state index contributed by atoms with van der Waals surface area (Å²) in [5.74, 6) is 1.85. The third-order valence-corrected chi connectivity index (χ3v) is 4.53. The Morgan fingerprint density at radius 3 is 2.55 bits per heavy atom. The Bertz CT molecular complexity index is 382. The van der Waals surface area contributed by atoms with Crippen molar-refractivity contribution in [3.63, 3.8) is 0 Å². The average Bonchev–Trinajstić information content (AvgIpc) is 3.24. The van der Waals surface area contributed by atoms with E-state index in [0.29, 0.717) is 6.04 Å². The Morgan fingerprint density at radius 1 is 1.32 bits per heavy atom. The number of guanidine groups is 1. The summed E-state index contributed by atoms with van der Waals surface area (Å²) in [4.78, 5) is 18.5. The summed E-state index contributed by atoms with van der Waals surface area (Å²) in [6, 6.07) is 0.605. The van der Waals surface area contributed by atoms with Crippen LogP contribution in [-0.2, 0) is 9.53 Å². The van der Waals surface area contributed by atoms with E-state index < -0.39 is 0 Å². The molecule has 0 aromatic rings. The second kappa shape index (κ2) is 9.57. The third-order valence-electron chi connectivity index (χ3n) is 4.53. The lowest BCUT2D eigenvalue weighted by Crippen LogP contribution is -2.47. The monoisotopic (exact) mass is 423 g/mol. The minimum absolute atomic E-state index is 0. The smallest absolute Gasteiger partial charge is 0.308 e. The first-order chi connectivity index (χ1) is 10.2. The summed E-state index contributed by atoms with van der Waals surface area (Å²) in [6.45, 7) is 6.88. The largest absolute Gasteiger partial charge is 0.469 e. The van der Waals surface area contributed by atoms with Gasteiger partial charge in [-0.05, 0) is 38.5 Å². The molecule has 22 heavy (non-hydrogen) atoms. The van der Waals surface area contributed by atoms with Crippen LogP contribution < -0.4 is 5.32 Å². The van der Waals surface area contributed by atoms with E-state index >= 15 is 0 Å². The van der Waals surface area contributed by atoms with Crippen LogP contribution in [0.3, 0.4) is 0 Å². The van der Waals surface area contributed by atoms with Crippen molar-refractivity contribution in [1.82, 2.24) is 10.2 Å². The van der Waals surface area contributed by atoms with Gasteiger partial charge in [0, 0.05) is 25.7 Å². The van der Waals surface area contributed by atoms with Crippen molar-refractivity contribution in [1.29, 1.82) is 0 Å². The summed E-state index contributed by atoms with van der Waals surface area (Å²) in [5, 5.41) is 3.61. The molecule has 2 aliphatic rings. The van der Waals surface area contributed by atoms with Gasteiger partial charge in [-0.15, -0.1) is 24.0 Å². The summed E-state index contributed by atoms with van der Waals surface area (Å²) < 4.78 is 4.85. The molecule has 0 aromatic carbocycles. The Kier molecular flexibility index (Phi) is 8.49. The summed E-state index contributed by atoms with van der Waals surface area (Å²) in [6.07, 6.45) is 5.56. The molecule has 2 rings (SSSR count). The molecule has 1 aliphatic heterocycles. The number of carbonyl (C=O) groups excluding carboxylic acids is 1. The standard InChI is InChI=1S/C16H29N3O2.HI/c1-4-6-13-11-14(13)18-16(17-5-2)19-9-7-12(8-10-19)15(20)21-3;/h12-14H,4-11H2,1-3H3,(H,17,18);1H. The Balaban J connectivity index is 0.00000242. The number of ether oxygens (including phenoxy) is 1. The molecule has 0 spiro atoms. The first-order valence-electron chi connectivity index (χ1n) is 8.33. The van der Waals surface area contributed by atoms with Crippen LogP contribution in [0.25, 0.3) is 0 Å². The molecule has 1 aliphatic carbocycles. The van der Waals surface area contributed by atoms with Gasteiger partial charge in [0.25, 0.3) is 0 Å². The predicted octanol–water partition coefficient (Wildman–Crippen LogP) is 2.64. The molecule has 6 heteroatoms. The maximum atomic E-state index is 11.6. The van der Waals surface area contributed by atoms with Crippen molar-refractivity contribution in [3.8, 4) is 0 Å². The Labute approximate surface area is 151 Å². The highest BCUT2D eigenvalue weighted by Gasteiger charge is 2.38. The lowest BCUT2D eigenvalue weighted by atomic mass is 9.97. The highest BCUT2D eigenvalue weighted by Crippen LogP contribution is 2.34. The second-order valence-electron chi connectivity index (χ2n) is 6.12. The maximum absolute atomic E-state index is 11.6. The molecule has 1 N–H and O–H groups in total. The van der Waals surface area contributed by atoms with Gasteiger partial charge in [-0.2, -0.15) is 0 Å². The summed E-state index contributed by atoms with van der Waals surface area (Å²) in [7, 11) is 1.47. The minimum Gasteiger partial charge on any atom is -0.469 e. The zero-order chi connectivity index (χ0) is 15.2. The quantitative estimate of drug-likeness (QED) is 0.320. The topological polar surface area (TPSA) is 53.9 Å². The highest BCUT2D eigenvalue weighted by molar-refractivity contribution is 14.0. The third kappa shape index (κ3) is 5.28. The van der Waals surface area contributed by atoms with Crippen LogP contribution >= 0.6 is 24.0 Å². The number of esters is 1. The molecule has 0 bridgehead atoms. The van der Waals surface area contributed by atoms with Gasteiger partial charge in [0.2, 0.25) is 0 Å². The van der Waals surface area contributed by atoms with E-state index in [0.717, 1.165) is 44.4 Å². The predicted molar refractivity (Wildman–Crippen MR) is 99.6 cm³/mol. The molecule has 1 saturated heterocycles. The van der Waals surface area contributed by atoms with Gasteiger partial charge in [-0.3, -0.25) is 9.79 Å². The lowest BCUT2D eigenvalue weighted by Gasteiger charge is -2.33. The van der Waals surface area contributed by atoms with Crippen molar-refractivity contribution < 1.29 is 9.53 Å². The maximum Gasteiger partial charge on any atom is 0.308 e. The molecule has 128 valence electrons. The first kappa shape index (κ1) is 19.5. The number of aliphatic imine (C=N–C) groups is 1. The number of carbonyl (C=O) groups is 1. The van der Waals surface area contributed by atoms with Crippen molar-refractivity contribution in [2.24, 2.45) is 16.8 Å². The zero-order valence-electron chi connectivity index (χ0n) is 14.0. The van der Waals surface area contributed by atoms with Gasteiger partial charge >= 0.3 is 5.97 Å². The van der Waals surface area contributed by atoms with E-state index in [9.17, 15) is 4.79 Å². The number of hydrogen-bond acceptors (Lipinski definition) is 3. The van der Waals surface area contributed by atoms with Crippen molar-refractivity contribution >= 4 is 35.9 Å². The first-order valence-corrected chi connectivity index (χ1v) is 8.33. The number of methoxy groups -OCH3 is 1. The Hall–Kier alpha value is -0.530. The number of halogens is 1. The van der Waals surface area contributed by atoms with Gasteiger partial charge in [-0.25, -0.2) is 0 Å². The van der Waals surface area contributed by atoms with E-state index in [1.807, 2.05) is 0 Å². The van der Waals surface area contributed by atoms with Crippen LogP contribution in [0.2, 0.25) is 0 Å². The summed E-state index contributed by atoms with van der Waals surface area (Å²) in [5.41, 5.74) is 0. The number of nitrogens with one attached hydrogen (secondary N) is 1. The molecule has 2 atom stereocenters. The molecule has 2 fully saturated rings. The van der Waals surface area contributed by atoms with Crippen LogP contribution in [0, 0.1) is 11.8 Å². The highest BCUT2D eigenvalue weighted by atomic mass is 127. The zero-order valence-corrected chi connectivity index (χ0v) is 16.3. The minimum atomic E-state index is -0.0678. The molecular weight excluding hydrogens is 393 g/mol. The van der Waals surface area contributed by atoms with Crippen LogP contribution in [0.1, 0.15) is 46.0 Å². The van der Waals surface area contributed by atoms with Gasteiger partial charge in [0.05, 0.1) is 13.0 Å². The van der Waals surface area contributed by atoms with Crippen LogP contribution in [0.15, 0.2) is 4.99 Å². The Morgan fingerprint density at radius 2 is 2.00 bits per heavy atom. The van der Waals surface area contributed by atoms with E-state index in [2.05, 4.69) is 29.1 Å². The van der Waals surface area contributed by atoms with Crippen LogP contribution in [0.4, 0.5) is 0 Å². The van der Waals surface area contributed by atoms with Gasteiger partial charge in [-0.1, -0.05) is 13.3 Å². The van der Waals surface area contributed by atoms with Gasteiger partial charge in [0.15, 0.2) is 5.96 Å². The van der Waals surface area contributed by atoms with Crippen molar-refractivity contribution in [2.75, 3.05) is 26.7 Å². The second-order valence-corrected chi connectivity index (χ2v) is 6.12. The van der Waals surface area contributed by atoms with Crippen molar-refractivity contribution in [2.45, 2.75) is 52.0 Å². The van der Waals surface area contributed by atoms with Crippen LogP contribution in [0.5, 0.6) is 0 Å². The fourth-order valence-corrected chi connectivity index (χ4v) is 3.16. The molecule has 1 heterocycles. The average molecular weight is 423 g/mol. The van der Waals surface area contributed by atoms with Crippen molar-refractivity contribution in [3.05, 3.63) is 0 Å².